The predicted molar refractivity (Wildman–Crippen MR) is 108 cm³/mol. The Balaban J connectivity index is 1.85. The van der Waals surface area contributed by atoms with Gasteiger partial charge in [0.15, 0.2) is 0 Å². The smallest absolute Gasteiger partial charge is 0.257 e. The minimum absolute atomic E-state index is 0.165. The van der Waals surface area contributed by atoms with Gasteiger partial charge in [-0.15, -0.1) is 0 Å². The van der Waals surface area contributed by atoms with Crippen LogP contribution in [0, 0.1) is 6.92 Å². The molecule has 0 spiro atoms. The van der Waals surface area contributed by atoms with Crippen molar-refractivity contribution in [2.75, 3.05) is 19.5 Å². The van der Waals surface area contributed by atoms with Crippen LogP contribution in [0.1, 0.15) is 21.5 Å². The highest BCUT2D eigenvalue weighted by molar-refractivity contribution is 6.04. The van der Waals surface area contributed by atoms with E-state index in [2.05, 4.69) is 5.32 Å². The number of anilines is 1. The molecule has 0 aliphatic rings. The zero-order valence-electron chi connectivity index (χ0n) is 16.1. The number of nitrogens with one attached hydrogen (secondary N) is 1. The summed E-state index contributed by atoms with van der Waals surface area (Å²) >= 11 is 0. The van der Waals surface area contributed by atoms with E-state index in [0.29, 0.717) is 29.3 Å². The van der Waals surface area contributed by atoms with E-state index in [9.17, 15) is 9.59 Å². The van der Waals surface area contributed by atoms with Crippen LogP contribution in [0.5, 0.6) is 11.5 Å². The molecule has 1 aromatic heterocycles. The summed E-state index contributed by atoms with van der Waals surface area (Å²) in [4.78, 5) is 24.9. The first-order valence-electron chi connectivity index (χ1n) is 8.80. The third kappa shape index (κ3) is 4.23. The molecule has 0 aliphatic carbocycles. The van der Waals surface area contributed by atoms with E-state index < -0.39 is 0 Å². The van der Waals surface area contributed by atoms with Gasteiger partial charge in [-0.1, -0.05) is 24.3 Å². The summed E-state index contributed by atoms with van der Waals surface area (Å²) in [5.74, 6) is 0.782. The molecule has 6 nitrogen and oxygen atoms in total. The lowest BCUT2D eigenvalue weighted by atomic mass is 10.1. The summed E-state index contributed by atoms with van der Waals surface area (Å²) < 4.78 is 12.0. The van der Waals surface area contributed by atoms with Gasteiger partial charge in [0, 0.05) is 18.3 Å². The number of ether oxygens (including phenoxy) is 2. The fourth-order valence-electron chi connectivity index (χ4n) is 2.86. The van der Waals surface area contributed by atoms with Crippen molar-refractivity contribution in [2.45, 2.75) is 13.5 Å². The predicted octanol–water partition coefficient (Wildman–Crippen LogP) is 3.47. The summed E-state index contributed by atoms with van der Waals surface area (Å²) in [5, 5.41) is 2.82. The molecule has 1 N–H and O–H groups in total. The Morgan fingerprint density at radius 2 is 1.82 bits per heavy atom. The Bertz CT molecular complexity index is 1060. The highest BCUT2D eigenvalue weighted by atomic mass is 16.5. The molecule has 0 fully saturated rings. The number of pyridine rings is 1. The number of aryl methyl sites for hydroxylation is 1. The Hall–Kier alpha value is -3.54. The van der Waals surface area contributed by atoms with Gasteiger partial charge in [0.2, 0.25) is 0 Å². The van der Waals surface area contributed by atoms with E-state index in [-0.39, 0.29) is 11.5 Å². The third-order valence-electron chi connectivity index (χ3n) is 4.50. The number of carbonyl (C=O) groups is 1. The Morgan fingerprint density at radius 1 is 1.04 bits per heavy atom. The zero-order chi connectivity index (χ0) is 20.1. The Kier molecular flexibility index (Phi) is 5.79. The fraction of sp³-hybridized carbons (Fsp3) is 0.182. The maximum atomic E-state index is 12.7. The molecule has 2 aromatic carbocycles. The van der Waals surface area contributed by atoms with Crippen LogP contribution in [0.4, 0.5) is 5.69 Å². The number of hydrogen-bond acceptors (Lipinski definition) is 4. The van der Waals surface area contributed by atoms with Gasteiger partial charge in [-0.05, 0) is 36.2 Å². The lowest BCUT2D eigenvalue weighted by Gasteiger charge is -2.13. The first-order valence-corrected chi connectivity index (χ1v) is 8.80. The number of nitrogens with zero attached hydrogens (tertiary/aromatic N) is 1. The van der Waals surface area contributed by atoms with Gasteiger partial charge in [0.25, 0.3) is 11.5 Å². The standard InChI is InChI=1S/C22H22N2O4/c1-15-6-4-5-7-16(15)13-24-14-17(8-11-21(24)25)22(26)23-19-10-9-18(27-2)12-20(19)28-3/h4-12,14H,13H2,1-3H3,(H,23,26). The number of benzene rings is 2. The summed E-state index contributed by atoms with van der Waals surface area (Å²) in [5.41, 5.74) is 2.85. The number of carbonyl (C=O) groups excluding carboxylic acids is 1. The molecule has 0 unspecified atom stereocenters. The molecule has 6 heteroatoms. The van der Waals surface area contributed by atoms with Crippen LogP contribution in [0.3, 0.4) is 0 Å². The van der Waals surface area contributed by atoms with Gasteiger partial charge in [-0.25, -0.2) is 0 Å². The maximum absolute atomic E-state index is 12.7. The quantitative estimate of drug-likeness (QED) is 0.713. The molecule has 3 aromatic rings. The molecule has 1 heterocycles. The molecule has 0 aliphatic heterocycles. The zero-order valence-corrected chi connectivity index (χ0v) is 16.1. The largest absolute Gasteiger partial charge is 0.497 e. The molecule has 0 saturated carbocycles. The normalized spacial score (nSPS) is 10.4. The summed E-state index contributed by atoms with van der Waals surface area (Å²) in [7, 11) is 3.08. The fourth-order valence-corrected chi connectivity index (χ4v) is 2.86. The molecule has 3 rings (SSSR count). The summed E-state index contributed by atoms with van der Waals surface area (Å²) in [6.45, 7) is 2.39. The lowest BCUT2D eigenvalue weighted by Crippen LogP contribution is -2.23. The van der Waals surface area contributed by atoms with Crippen molar-refractivity contribution in [3.8, 4) is 11.5 Å². The molecule has 28 heavy (non-hydrogen) atoms. The number of aromatic nitrogens is 1. The SMILES string of the molecule is COc1ccc(NC(=O)c2ccc(=O)n(Cc3ccccc3C)c2)c(OC)c1. The van der Waals surface area contributed by atoms with Crippen LogP contribution in [-0.4, -0.2) is 24.7 Å². The van der Waals surface area contributed by atoms with Crippen LogP contribution in [0.25, 0.3) is 0 Å². The summed E-state index contributed by atoms with van der Waals surface area (Å²) in [6.07, 6.45) is 1.57. The molecule has 0 bridgehead atoms. The van der Waals surface area contributed by atoms with Crippen LogP contribution in [0.15, 0.2) is 65.6 Å². The molecular weight excluding hydrogens is 356 g/mol. The third-order valence-corrected chi connectivity index (χ3v) is 4.50. The van der Waals surface area contributed by atoms with E-state index >= 15 is 0 Å². The average molecular weight is 378 g/mol. The van der Waals surface area contributed by atoms with Gasteiger partial charge in [-0.2, -0.15) is 0 Å². The highest BCUT2D eigenvalue weighted by Gasteiger charge is 2.12. The monoisotopic (exact) mass is 378 g/mol. The van der Waals surface area contributed by atoms with E-state index in [1.165, 1.54) is 23.8 Å². The second kappa shape index (κ2) is 8.43. The van der Waals surface area contributed by atoms with E-state index in [4.69, 9.17) is 9.47 Å². The Morgan fingerprint density at radius 3 is 2.54 bits per heavy atom. The van der Waals surface area contributed by atoms with Crippen molar-refractivity contribution < 1.29 is 14.3 Å². The first kappa shape index (κ1) is 19.2. The van der Waals surface area contributed by atoms with Crippen molar-refractivity contribution in [2.24, 2.45) is 0 Å². The molecule has 0 atom stereocenters. The number of amides is 1. The van der Waals surface area contributed by atoms with Crippen LogP contribution >= 0.6 is 0 Å². The minimum atomic E-state index is -0.331. The van der Waals surface area contributed by atoms with E-state index in [1.807, 2.05) is 31.2 Å². The topological polar surface area (TPSA) is 69.6 Å². The van der Waals surface area contributed by atoms with Crippen molar-refractivity contribution in [1.29, 1.82) is 0 Å². The molecular formula is C22H22N2O4. The van der Waals surface area contributed by atoms with Crippen LogP contribution in [0.2, 0.25) is 0 Å². The highest BCUT2D eigenvalue weighted by Crippen LogP contribution is 2.29. The van der Waals surface area contributed by atoms with Gasteiger partial charge in [-0.3, -0.25) is 9.59 Å². The first-order chi connectivity index (χ1) is 13.5. The van der Waals surface area contributed by atoms with Gasteiger partial charge >= 0.3 is 0 Å². The maximum Gasteiger partial charge on any atom is 0.257 e. The van der Waals surface area contributed by atoms with Crippen LogP contribution in [-0.2, 0) is 6.54 Å². The molecule has 1 amide bonds. The molecule has 0 radical (unpaired) electrons. The van der Waals surface area contributed by atoms with Gasteiger partial charge in [0.1, 0.15) is 11.5 Å². The van der Waals surface area contributed by atoms with E-state index in [1.54, 1.807) is 31.5 Å². The second-order valence-electron chi connectivity index (χ2n) is 6.33. The van der Waals surface area contributed by atoms with Crippen molar-refractivity contribution in [3.05, 3.63) is 87.8 Å². The van der Waals surface area contributed by atoms with Gasteiger partial charge in [0.05, 0.1) is 32.0 Å². The molecule has 0 saturated heterocycles. The average Bonchev–Trinajstić information content (AvgIpc) is 2.71. The van der Waals surface area contributed by atoms with Crippen molar-refractivity contribution in [3.63, 3.8) is 0 Å². The van der Waals surface area contributed by atoms with Crippen molar-refractivity contribution >= 4 is 11.6 Å². The van der Waals surface area contributed by atoms with Gasteiger partial charge < -0.3 is 19.4 Å². The minimum Gasteiger partial charge on any atom is -0.497 e. The number of rotatable bonds is 6. The van der Waals surface area contributed by atoms with E-state index in [0.717, 1.165) is 11.1 Å². The van der Waals surface area contributed by atoms with Crippen LogP contribution < -0.4 is 20.3 Å². The molecule has 144 valence electrons. The Labute approximate surface area is 163 Å². The number of hydrogen-bond donors (Lipinski definition) is 1. The lowest BCUT2D eigenvalue weighted by molar-refractivity contribution is 0.102. The number of methoxy groups -OCH3 is 2. The van der Waals surface area contributed by atoms with Crippen molar-refractivity contribution in [1.82, 2.24) is 4.57 Å². The second-order valence-corrected chi connectivity index (χ2v) is 6.33. The summed E-state index contributed by atoms with van der Waals surface area (Å²) in [6, 6.07) is 15.9.